The molecule has 2 aromatic carbocycles. The number of nitriles is 1. The number of rotatable bonds is 2. The first-order valence-electron chi connectivity index (χ1n) is 6.37. The van der Waals surface area contributed by atoms with Gasteiger partial charge in [-0.25, -0.2) is 0 Å². The number of carbonyl (C=O) groups excluding carboxylic acids is 1. The fraction of sp³-hybridized carbons (Fsp3) is 0.0588. The monoisotopic (exact) mass is 291 g/mol. The molecule has 3 nitrogen and oxygen atoms in total. The van der Waals surface area contributed by atoms with Crippen LogP contribution in [0.4, 0.5) is 5.00 Å². The second-order valence-electron chi connectivity index (χ2n) is 4.57. The Labute approximate surface area is 126 Å². The lowest BCUT2D eigenvalue weighted by Crippen LogP contribution is -2.25. The van der Waals surface area contributed by atoms with E-state index in [2.05, 4.69) is 12.1 Å². The summed E-state index contributed by atoms with van der Waals surface area (Å²) in [7, 11) is 1.73. The SMILES string of the molecule is CN(C(=O)c1cccc2c[c]ccc12)c1ccc(C#N)s1. The summed E-state index contributed by atoms with van der Waals surface area (Å²) in [6.07, 6.45) is 0. The Morgan fingerprint density at radius 1 is 1.29 bits per heavy atom. The molecule has 0 bridgehead atoms. The van der Waals surface area contributed by atoms with Crippen LogP contribution in [0.15, 0.2) is 48.5 Å². The van der Waals surface area contributed by atoms with Crippen molar-refractivity contribution in [3.63, 3.8) is 0 Å². The van der Waals surface area contributed by atoms with Gasteiger partial charge in [-0.15, -0.1) is 11.3 Å². The van der Waals surface area contributed by atoms with E-state index in [-0.39, 0.29) is 5.91 Å². The molecule has 3 aromatic rings. The normalized spacial score (nSPS) is 10.3. The van der Waals surface area contributed by atoms with E-state index in [9.17, 15) is 4.79 Å². The molecule has 0 unspecified atom stereocenters. The second-order valence-corrected chi connectivity index (χ2v) is 5.63. The standard InChI is InChI=1S/C17H11N2OS/c1-19(16-10-9-13(11-18)21-16)17(20)15-8-4-6-12-5-2-3-7-14(12)15/h3-10H,1H3. The molecular formula is C17H11N2OS. The van der Waals surface area contributed by atoms with Gasteiger partial charge in [-0.3, -0.25) is 4.79 Å². The summed E-state index contributed by atoms with van der Waals surface area (Å²) >= 11 is 1.31. The van der Waals surface area contributed by atoms with E-state index < -0.39 is 0 Å². The van der Waals surface area contributed by atoms with Gasteiger partial charge in [-0.05, 0) is 41.1 Å². The van der Waals surface area contributed by atoms with E-state index in [0.29, 0.717) is 10.4 Å². The van der Waals surface area contributed by atoms with Crippen LogP contribution in [0, 0.1) is 17.4 Å². The van der Waals surface area contributed by atoms with Crippen molar-refractivity contribution in [3.05, 3.63) is 65.0 Å². The molecular weight excluding hydrogens is 280 g/mol. The molecule has 1 aromatic heterocycles. The van der Waals surface area contributed by atoms with Gasteiger partial charge in [0.15, 0.2) is 0 Å². The summed E-state index contributed by atoms with van der Waals surface area (Å²) < 4.78 is 0. The molecule has 0 N–H and O–H groups in total. The number of nitrogens with zero attached hydrogens (tertiary/aromatic N) is 2. The number of hydrogen-bond donors (Lipinski definition) is 0. The molecule has 0 atom stereocenters. The summed E-state index contributed by atoms with van der Waals surface area (Å²) in [4.78, 5) is 14.9. The number of hydrogen-bond acceptors (Lipinski definition) is 3. The van der Waals surface area contributed by atoms with Crippen molar-refractivity contribution < 1.29 is 4.79 Å². The lowest BCUT2D eigenvalue weighted by atomic mass is 10.0. The van der Waals surface area contributed by atoms with Gasteiger partial charge in [0.25, 0.3) is 5.91 Å². The van der Waals surface area contributed by atoms with Crippen molar-refractivity contribution >= 4 is 33.0 Å². The highest BCUT2D eigenvalue weighted by Gasteiger charge is 2.17. The van der Waals surface area contributed by atoms with Crippen molar-refractivity contribution in [2.24, 2.45) is 0 Å². The molecule has 0 aliphatic carbocycles. The first kappa shape index (κ1) is 13.3. The number of anilines is 1. The first-order valence-corrected chi connectivity index (χ1v) is 7.19. The molecule has 21 heavy (non-hydrogen) atoms. The number of amides is 1. The fourth-order valence-electron chi connectivity index (χ4n) is 2.20. The Hall–Kier alpha value is -2.64. The predicted octanol–water partition coefficient (Wildman–Crippen LogP) is 3.85. The quantitative estimate of drug-likeness (QED) is 0.720. The molecule has 0 fully saturated rings. The Morgan fingerprint density at radius 3 is 2.90 bits per heavy atom. The lowest BCUT2D eigenvalue weighted by molar-refractivity contribution is 0.0995. The zero-order valence-electron chi connectivity index (χ0n) is 11.3. The minimum atomic E-state index is -0.0851. The van der Waals surface area contributed by atoms with Crippen LogP contribution in [0.1, 0.15) is 15.2 Å². The number of fused-ring (bicyclic) bond motifs is 1. The van der Waals surface area contributed by atoms with Crippen LogP contribution in [-0.4, -0.2) is 13.0 Å². The highest BCUT2D eigenvalue weighted by molar-refractivity contribution is 7.16. The molecule has 0 saturated carbocycles. The van der Waals surface area contributed by atoms with Crippen molar-refractivity contribution in [1.82, 2.24) is 0 Å². The highest BCUT2D eigenvalue weighted by Crippen LogP contribution is 2.27. The maximum atomic E-state index is 12.7. The molecule has 4 heteroatoms. The third-order valence-electron chi connectivity index (χ3n) is 3.29. The molecule has 101 valence electrons. The molecule has 3 rings (SSSR count). The minimum absolute atomic E-state index is 0.0851. The minimum Gasteiger partial charge on any atom is -0.303 e. The average molecular weight is 291 g/mol. The van der Waals surface area contributed by atoms with Gasteiger partial charge >= 0.3 is 0 Å². The van der Waals surface area contributed by atoms with Crippen molar-refractivity contribution in [2.75, 3.05) is 11.9 Å². The molecule has 0 aliphatic rings. The Kier molecular flexibility index (Phi) is 3.43. The largest absolute Gasteiger partial charge is 0.303 e. The smallest absolute Gasteiger partial charge is 0.259 e. The van der Waals surface area contributed by atoms with Crippen LogP contribution < -0.4 is 4.90 Å². The van der Waals surface area contributed by atoms with Crippen LogP contribution >= 0.6 is 11.3 Å². The third-order valence-corrected chi connectivity index (χ3v) is 4.36. The van der Waals surface area contributed by atoms with Crippen LogP contribution in [-0.2, 0) is 0 Å². The summed E-state index contributed by atoms with van der Waals surface area (Å²) in [5.41, 5.74) is 0.649. The number of benzene rings is 2. The van der Waals surface area contributed by atoms with E-state index in [1.54, 1.807) is 30.1 Å². The maximum absolute atomic E-state index is 12.7. The van der Waals surface area contributed by atoms with Gasteiger partial charge in [-0.1, -0.05) is 24.3 Å². The molecule has 1 radical (unpaired) electrons. The van der Waals surface area contributed by atoms with Gasteiger partial charge in [0, 0.05) is 12.6 Å². The molecule has 1 heterocycles. The topological polar surface area (TPSA) is 44.1 Å². The maximum Gasteiger partial charge on any atom is 0.259 e. The molecule has 0 saturated heterocycles. The average Bonchev–Trinajstić information content (AvgIpc) is 3.02. The summed E-state index contributed by atoms with van der Waals surface area (Å²) in [6, 6.07) is 19.8. The summed E-state index contributed by atoms with van der Waals surface area (Å²) in [5.74, 6) is -0.0851. The summed E-state index contributed by atoms with van der Waals surface area (Å²) in [5, 5.41) is 11.5. The van der Waals surface area contributed by atoms with Crippen LogP contribution in [0.3, 0.4) is 0 Å². The predicted molar refractivity (Wildman–Crippen MR) is 84.6 cm³/mol. The molecule has 0 aliphatic heterocycles. The second kappa shape index (κ2) is 5.39. The zero-order chi connectivity index (χ0) is 14.8. The zero-order valence-corrected chi connectivity index (χ0v) is 12.1. The number of thiophene rings is 1. The summed E-state index contributed by atoms with van der Waals surface area (Å²) in [6.45, 7) is 0. The van der Waals surface area contributed by atoms with E-state index in [1.807, 2.05) is 30.3 Å². The van der Waals surface area contributed by atoms with Crippen molar-refractivity contribution in [2.45, 2.75) is 0 Å². The Balaban J connectivity index is 2.02. The first-order chi connectivity index (χ1) is 10.2. The van der Waals surface area contributed by atoms with Crippen LogP contribution in [0.5, 0.6) is 0 Å². The Morgan fingerprint density at radius 2 is 2.14 bits per heavy atom. The van der Waals surface area contributed by atoms with E-state index in [1.165, 1.54) is 11.3 Å². The van der Waals surface area contributed by atoms with E-state index in [0.717, 1.165) is 15.8 Å². The molecule has 0 spiro atoms. The van der Waals surface area contributed by atoms with Crippen molar-refractivity contribution in [3.8, 4) is 6.07 Å². The lowest BCUT2D eigenvalue weighted by Gasteiger charge is -2.16. The van der Waals surface area contributed by atoms with Crippen LogP contribution in [0.2, 0.25) is 0 Å². The Bertz CT molecular complexity index is 855. The highest BCUT2D eigenvalue weighted by atomic mass is 32.1. The van der Waals surface area contributed by atoms with Gasteiger partial charge in [-0.2, -0.15) is 5.26 Å². The van der Waals surface area contributed by atoms with Gasteiger partial charge in [0.05, 0.1) is 5.00 Å². The van der Waals surface area contributed by atoms with Gasteiger partial charge in [0.1, 0.15) is 10.9 Å². The number of carbonyl (C=O) groups is 1. The van der Waals surface area contributed by atoms with Gasteiger partial charge in [0.2, 0.25) is 0 Å². The van der Waals surface area contributed by atoms with Gasteiger partial charge < -0.3 is 4.90 Å². The van der Waals surface area contributed by atoms with E-state index in [4.69, 9.17) is 5.26 Å². The van der Waals surface area contributed by atoms with E-state index >= 15 is 0 Å². The molecule has 1 amide bonds. The van der Waals surface area contributed by atoms with Crippen molar-refractivity contribution in [1.29, 1.82) is 5.26 Å². The third kappa shape index (κ3) is 2.39. The van der Waals surface area contributed by atoms with Crippen LogP contribution in [0.25, 0.3) is 10.8 Å². The fourth-order valence-corrected chi connectivity index (χ4v) is 2.96.